The Balaban J connectivity index is 2.56. The molecule has 0 fully saturated rings. The molecule has 0 saturated heterocycles. The number of hydrogen-bond acceptors (Lipinski definition) is 2. The third kappa shape index (κ3) is 4.47. The first-order chi connectivity index (χ1) is 13.2. The van der Waals surface area contributed by atoms with Gasteiger partial charge < -0.3 is 10.2 Å². The molecule has 0 heterocycles. The molecule has 0 aromatic heterocycles. The molecule has 0 unspecified atom stereocenters. The first kappa shape index (κ1) is 23.3. The summed E-state index contributed by atoms with van der Waals surface area (Å²) in [4.78, 5) is 0. The molecule has 160 valence electrons. The van der Waals surface area contributed by atoms with Crippen molar-refractivity contribution in [3.05, 3.63) is 57.6 Å². The minimum atomic E-state index is -0.111. The van der Waals surface area contributed by atoms with Crippen molar-refractivity contribution in [2.24, 2.45) is 11.8 Å². The zero-order chi connectivity index (χ0) is 22.3. The molecule has 2 aromatic rings. The van der Waals surface area contributed by atoms with Gasteiger partial charge in [-0.3, -0.25) is 0 Å². The van der Waals surface area contributed by atoms with E-state index in [4.69, 9.17) is 0 Å². The molecule has 0 radical (unpaired) electrons. The molecule has 2 nitrogen and oxygen atoms in total. The van der Waals surface area contributed by atoms with Crippen molar-refractivity contribution in [2.45, 2.75) is 86.5 Å². The van der Waals surface area contributed by atoms with Crippen LogP contribution in [-0.2, 0) is 17.3 Å². The second-order valence-electron chi connectivity index (χ2n) is 10.5. The lowest BCUT2D eigenvalue weighted by molar-refractivity contribution is 0.350. The summed E-state index contributed by atoms with van der Waals surface area (Å²) in [5.74, 6) is 1.65. The Morgan fingerprint density at radius 3 is 1.24 bits per heavy atom. The van der Waals surface area contributed by atoms with Crippen LogP contribution in [0.1, 0.15) is 88.8 Å². The molecule has 29 heavy (non-hydrogen) atoms. The van der Waals surface area contributed by atoms with Gasteiger partial charge in [0, 0.05) is 11.1 Å². The quantitative estimate of drug-likeness (QED) is 0.543. The van der Waals surface area contributed by atoms with Gasteiger partial charge in [-0.05, 0) is 65.2 Å². The molecule has 0 aliphatic heterocycles. The van der Waals surface area contributed by atoms with Crippen molar-refractivity contribution in [2.75, 3.05) is 0 Å². The van der Waals surface area contributed by atoms with Crippen LogP contribution in [0.4, 0.5) is 0 Å². The third-order valence-corrected chi connectivity index (χ3v) is 7.40. The lowest BCUT2D eigenvalue weighted by Gasteiger charge is -2.32. The highest BCUT2D eigenvalue weighted by Gasteiger charge is 2.30. The molecule has 0 saturated carbocycles. The van der Waals surface area contributed by atoms with Crippen LogP contribution in [0.25, 0.3) is 0 Å². The molecular formula is C27H40O2. The van der Waals surface area contributed by atoms with E-state index in [0.717, 1.165) is 28.7 Å². The van der Waals surface area contributed by atoms with E-state index in [1.165, 1.54) is 11.1 Å². The van der Waals surface area contributed by atoms with E-state index >= 15 is 0 Å². The van der Waals surface area contributed by atoms with Crippen LogP contribution in [0.3, 0.4) is 0 Å². The Labute approximate surface area is 178 Å². The van der Waals surface area contributed by atoms with E-state index in [-0.39, 0.29) is 10.8 Å². The Hall–Kier alpha value is -1.96. The summed E-state index contributed by atoms with van der Waals surface area (Å²) < 4.78 is 0. The first-order valence-corrected chi connectivity index (χ1v) is 10.9. The second-order valence-corrected chi connectivity index (χ2v) is 10.5. The van der Waals surface area contributed by atoms with Gasteiger partial charge in [0.25, 0.3) is 0 Å². The molecule has 0 aliphatic rings. The van der Waals surface area contributed by atoms with Gasteiger partial charge in [0.05, 0.1) is 0 Å². The van der Waals surface area contributed by atoms with Crippen molar-refractivity contribution >= 4 is 0 Å². The third-order valence-electron chi connectivity index (χ3n) is 7.40. The summed E-state index contributed by atoms with van der Waals surface area (Å²) in [6, 6.07) is 8.50. The highest BCUT2D eigenvalue weighted by atomic mass is 16.3. The topological polar surface area (TPSA) is 40.5 Å². The van der Waals surface area contributed by atoms with Gasteiger partial charge in [0.1, 0.15) is 11.5 Å². The van der Waals surface area contributed by atoms with Crippen LogP contribution in [0.5, 0.6) is 11.5 Å². The number of hydrogen-bond donors (Lipinski definition) is 2. The lowest BCUT2D eigenvalue weighted by atomic mass is 9.73. The minimum absolute atomic E-state index is 0.111. The second kappa shape index (κ2) is 8.05. The van der Waals surface area contributed by atoms with Crippen LogP contribution >= 0.6 is 0 Å². The summed E-state index contributed by atoms with van der Waals surface area (Å²) >= 11 is 0. The number of phenolic OH excluding ortho intramolecular Hbond substituents is 2. The Kier molecular flexibility index (Phi) is 6.47. The molecule has 0 aliphatic carbocycles. The zero-order valence-electron chi connectivity index (χ0n) is 20.1. The van der Waals surface area contributed by atoms with E-state index in [0.29, 0.717) is 23.3 Å². The number of aromatic hydroxyl groups is 2. The van der Waals surface area contributed by atoms with E-state index in [2.05, 4.69) is 79.7 Å². The van der Waals surface area contributed by atoms with Crippen molar-refractivity contribution in [3.8, 4) is 11.5 Å². The van der Waals surface area contributed by atoms with Crippen LogP contribution in [0, 0.1) is 25.7 Å². The molecule has 0 spiro atoms. The molecular weight excluding hydrogens is 356 g/mol. The molecule has 0 atom stereocenters. The molecule has 2 N–H and O–H groups in total. The summed E-state index contributed by atoms with van der Waals surface area (Å²) in [6.45, 7) is 21.6. The van der Waals surface area contributed by atoms with Crippen LogP contribution in [0.2, 0.25) is 0 Å². The van der Waals surface area contributed by atoms with E-state index in [1.54, 1.807) is 0 Å². The van der Waals surface area contributed by atoms with E-state index < -0.39 is 0 Å². The van der Waals surface area contributed by atoms with Gasteiger partial charge in [0.15, 0.2) is 0 Å². The fourth-order valence-corrected chi connectivity index (χ4v) is 3.75. The summed E-state index contributed by atoms with van der Waals surface area (Å²) in [7, 11) is 0. The number of aryl methyl sites for hydroxylation is 2. The lowest BCUT2D eigenvalue weighted by Crippen LogP contribution is -2.25. The van der Waals surface area contributed by atoms with Gasteiger partial charge in [-0.15, -0.1) is 0 Å². The predicted octanol–water partition coefficient (Wildman–Crippen LogP) is 7.17. The van der Waals surface area contributed by atoms with Crippen molar-refractivity contribution in [1.29, 1.82) is 0 Å². The average molecular weight is 397 g/mol. The van der Waals surface area contributed by atoms with Crippen molar-refractivity contribution in [3.63, 3.8) is 0 Å². The Morgan fingerprint density at radius 1 is 0.655 bits per heavy atom. The van der Waals surface area contributed by atoms with Gasteiger partial charge in [-0.1, -0.05) is 79.7 Å². The number of rotatable bonds is 6. The van der Waals surface area contributed by atoms with Crippen molar-refractivity contribution < 1.29 is 10.2 Å². The zero-order valence-corrected chi connectivity index (χ0v) is 20.1. The van der Waals surface area contributed by atoms with Crippen LogP contribution in [-0.4, -0.2) is 10.2 Å². The molecule has 2 heteroatoms. The SMILES string of the molecule is Cc1cc(Cc2cc(C)c(O)c(C(C)(C)C(C)C)c2)cc(C(C)(C)C(C)C)c1O. The van der Waals surface area contributed by atoms with E-state index in [9.17, 15) is 10.2 Å². The molecule has 0 amide bonds. The standard InChI is InChI=1S/C27H40O2/c1-16(2)26(7,8)22-14-20(11-18(5)24(22)28)13-21-12-19(6)25(29)23(15-21)27(9,10)17(3)4/h11-12,14-17,28-29H,13H2,1-10H3. The smallest absolute Gasteiger partial charge is 0.122 e. The summed E-state index contributed by atoms with van der Waals surface area (Å²) in [5, 5.41) is 21.5. The molecule has 0 bridgehead atoms. The number of benzene rings is 2. The maximum Gasteiger partial charge on any atom is 0.122 e. The Bertz CT molecular complexity index is 812. The van der Waals surface area contributed by atoms with Gasteiger partial charge in [-0.25, -0.2) is 0 Å². The van der Waals surface area contributed by atoms with Gasteiger partial charge in [0.2, 0.25) is 0 Å². The molecule has 2 aromatic carbocycles. The predicted molar refractivity (Wildman–Crippen MR) is 124 cm³/mol. The highest BCUT2D eigenvalue weighted by Crippen LogP contribution is 2.41. The fraction of sp³-hybridized carbons (Fsp3) is 0.556. The number of phenols is 2. The largest absolute Gasteiger partial charge is 0.507 e. The first-order valence-electron chi connectivity index (χ1n) is 10.9. The van der Waals surface area contributed by atoms with E-state index in [1.807, 2.05) is 13.8 Å². The average Bonchev–Trinajstić information content (AvgIpc) is 2.60. The molecule has 2 rings (SSSR count). The summed E-state index contributed by atoms with van der Waals surface area (Å²) in [5.41, 5.74) is 6.04. The van der Waals surface area contributed by atoms with Crippen molar-refractivity contribution in [1.82, 2.24) is 0 Å². The minimum Gasteiger partial charge on any atom is -0.507 e. The maximum atomic E-state index is 10.7. The fourth-order valence-electron chi connectivity index (χ4n) is 3.75. The highest BCUT2D eigenvalue weighted by molar-refractivity contribution is 5.51. The normalized spacial score (nSPS) is 12.8. The van der Waals surface area contributed by atoms with Crippen LogP contribution < -0.4 is 0 Å². The van der Waals surface area contributed by atoms with Gasteiger partial charge >= 0.3 is 0 Å². The van der Waals surface area contributed by atoms with Crippen LogP contribution in [0.15, 0.2) is 24.3 Å². The monoisotopic (exact) mass is 396 g/mol. The maximum absolute atomic E-state index is 10.7. The summed E-state index contributed by atoms with van der Waals surface area (Å²) in [6.07, 6.45) is 0.782. The Morgan fingerprint density at radius 2 is 0.966 bits per heavy atom. The van der Waals surface area contributed by atoms with Gasteiger partial charge in [-0.2, -0.15) is 0 Å².